The first-order valence-electron chi connectivity index (χ1n) is 16.3. The van der Waals surface area contributed by atoms with Gasteiger partial charge in [-0.1, -0.05) is 105 Å². The maximum absolute atomic E-state index is 14.0. The molecule has 0 fully saturated rings. The normalized spacial score (nSPS) is 14.1. The molecule has 3 amide bonds. The molecule has 0 aliphatic rings. The van der Waals surface area contributed by atoms with Gasteiger partial charge in [0.25, 0.3) is 0 Å². The minimum atomic E-state index is -1.07. The number of aliphatic hydroxyl groups excluding tert-OH is 1. The maximum Gasteiger partial charge on any atom is 0.407 e. The third-order valence-electron chi connectivity index (χ3n) is 7.58. The van der Waals surface area contributed by atoms with E-state index in [-0.39, 0.29) is 24.2 Å². The van der Waals surface area contributed by atoms with Crippen molar-refractivity contribution in [3.05, 3.63) is 108 Å². The summed E-state index contributed by atoms with van der Waals surface area (Å²) < 4.78 is 5.50. The predicted octanol–water partition coefficient (Wildman–Crippen LogP) is 5.62. The summed E-state index contributed by atoms with van der Waals surface area (Å²) in [6, 6.07) is 27.6. The van der Waals surface area contributed by atoms with E-state index in [0.29, 0.717) is 32.2 Å². The van der Waals surface area contributed by atoms with E-state index >= 15 is 0 Å². The van der Waals surface area contributed by atoms with E-state index in [4.69, 9.17) is 4.74 Å². The minimum Gasteiger partial charge on any atom is -0.444 e. The molecule has 8 nitrogen and oxygen atoms in total. The summed E-state index contributed by atoms with van der Waals surface area (Å²) in [6.45, 7) is 9.82. The molecule has 0 aliphatic heterocycles. The first kappa shape index (κ1) is 36.3. The van der Waals surface area contributed by atoms with Gasteiger partial charge in [0, 0.05) is 12.5 Å². The fourth-order valence-corrected chi connectivity index (χ4v) is 5.34. The number of rotatable bonds is 16. The molecule has 46 heavy (non-hydrogen) atoms. The lowest BCUT2D eigenvalue weighted by molar-refractivity contribution is -0.132. The lowest BCUT2D eigenvalue weighted by Crippen LogP contribution is -2.51. The zero-order valence-electron chi connectivity index (χ0n) is 27.9. The molecule has 0 saturated heterocycles. The average molecular weight is 630 g/mol. The summed E-state index contributed by atoms with van der Waals surface area (Å²) in [6.07, 6.45) is 0.221. The van der Waals surface area contributed by atoms with Gasteiger partial charge in [0.15, 0.2) is 0 Å². The molecule has 1 unspecified atom stereocenters. The fraction of sp³-hybridized carbons (Fsp3) is 0.447. The average Bonchev–Trinajstić information content (AvgIpc) is 3.00. The Hall–Kier alpha value is -4.17. The SMILES string of the molecule is CC(C)CC(NC(=O)[C@H](Cc1ccccc1)C[C@H](O)[C@H](Cc1ccccc1)NC(=O)OC(C)(C)C)C(=O)NCCc1ccccc1. The Balaban J connectivity index is 1.78. The summed E-state index contributed by atoms with van der Waals surface area (Å²) in [5.74, 6) is -1.05. The van der Waals surface area contributed by atoms with Gasteiger partial charge in [0.05, 0.1) is 12.1 Å². The van der Waals surface area contributed by atoms with E-state index in [9.17, 15) is 19.5 Å². The number of benzene rings is 3. The molecule has 0 aromatic heterocycles. The van der Waals surface area contributed by atoms with Gasteiger partial charge in [-0.3, -0.25) is 9.59 Å². The number of hydrogen-bond donors (Lipinski definition) is 4. The van der Waals surface area contributed by atoms with Gasteiger partial charge < -0.3 is 25.8 Å². The van der Waals surface area contributed by atoms with E-state index in [2.05, 4.69) is 16.0 Å². The molecule has 248 valence electrons. The molecule has 3 rings (SSSR count). The van der Waals surface area contributed by atoms with Crippen LogP contribution in [-0.2, 0) is 33.6 Å². The van der Waals surface area contributed by atoms with Crippen molar-refractivity contribution >= 4 is 17.9 Å². The summed E-state index contributed by atoms with van der Waals surface area (Å²) in [5.41, 5.74) is 2.27. The van der Waals surface area contributed by atoms with Crippen LogP contribution in [0.2, 0.25) is 0 Å². The van der Waals surface area contributed by atoms with E-state index < -0.39 is 35.8 Å². The van der Waals surface area contributed by atoms with E-state index in [1.54, 1.807) is 20.8 Å². The molecule has 0 aliphatic carbocycles. The van der Waals surface area contributed by atoms with E-state index in [0.717, 1.165) is 16.7 Å². The summed E-state index contributed by atoms with van der Waals surface area (Å²) in [7, 11) is 0. The number of carbonyl (C=O) groups is 3. The van der Waals surface area contributed by atoms with Gasteiger partial charge in [-0.15, -0.1) is 0 Å². The van der Waals surface area contributed by atoms with Crippen LogP contribution in [0.3, 0.4) is 0 Å². The van der Waals surface area contributed by atoms with Crippen LogP contribution in [0.1, 0.15) is 64.2 Å². The third kappa shape index (κ3) is 13.4. The summed E-state index contributed by atoms with van der Waals surface area (Å²) >= 11 is 0. The van der Waals surface area contributed by atoms with Crippen LogP contribution in [-0.4, -0.2) is 53.3 Å². The van der Waals surface area contributed by atoms with Crippen molar-refractivity contribution in [2.75, 3.05) is 6.54 Å². The zero-order valence-corrected chi connectivity index (χ0v) is 27.9. The second-order valence-electron chi connectivity index (χ2n) is 13.3. The number of ether oxygens (including phenoxy) is 1. The molecule has 4 atom stereocenters. The van der Waals surface area contributed by atoms with E-state index in [1.807, 2.05) is 105 Å². The second kappa shape index (κ2) is 18.1. The van der Waals surface area contributed by atoms with Crippen LogP contribution >= 0.6 is 0 Å². The molecule has 0 saturated carbocycles. The van der Waals surface area contributed by atoms with Crippen molar-refractivity contribution < 1.29 is 24.2 Å². The highest BCUT2D eigenvalue weighted by molar-refractivity contribution is 5.88. The number of amides is 3. The monoisotopic (exact) mass is 629 g/mol. The van der Waals surface area contributed by atoms with Gasteiger partial charge in [0.2, 0.25) is 11.8 Å². The van der Waals surface area contributed by atoms with Crippen molar-refractivity contribution in [3.8, 4) is 0 Å². The van der Waals surface area contributed by atoms with Crippen LogP contribution in [0.15, 0.2) is 91.0 Å². The van der Waals surface area contributed by atoms with Crippen molar-refractivity contribution in [1.82, 2.24) is 16.0 Å². The smallest absolute Gasteiger partial charge is 0.407 e. The van der Waals surface area contributed by atoms with Gasteiger partial charge in [0.1, 0.15) is 11.6 Å². The molecule has 0 spiro atoms. The number of nitrogens with one attached hydrogen (secondary N) is 3. The van der Waals surface area contributed by atoms with Crippen LogP contribution < -0.4 is 16.0 Å². The molecule has 8 heteroatoms. The second-order valence-corrected chi connectivity index (χ2v) is 13.3. The third-order valence-corrected chi connectivity index (χ3v) is 7.58. The molecule has 4 N–H and O–H groups in total. The standard InChI is InChI=1S/C38H51N3O5/c1-27(2)23-33(36(44)39-22-21-28-15-9-6-10-16-28)40-35(43)31(24-29-17-11-7-12-18-29)26-34(42)32(25-30-19-13-8-14-20-30)41-37(45)46-38(3,4)5/h6-20,27,31-34,42H,21-26H2,1-5H3,(H,39,44)(H,40,43)(H,41,45)/t31-,32+,33?,34+/m1/s1. The van der Waals surface area contributed by atoms with Gasteiger partial charge in [-0.25, -0.2) is 4.79 Å². The van der Waals surface area contributed by atoms with Crippen molar-refractivity contribution in [3.63, 3.8) is 0 Å². The lowest BCUT2D eigenvalue weighted by Gasteiger charge is -2.30. The number of alkyl carbamates (subject to hydrolysis) is 1. The molecule has 3 aromatic carbocycles. The Morgan fingerprint density at radius 2 is 1.24 bits per heavy atom. The summed E-state index contributed by atoms with van der Waals surface area (Å²) in [5, 5.41) is 20.4. The highest BCUT2D eigenvalue weighted by Crippen LogP contribution is 2.20. The largest absolute Gasteiger partial charge is 0.444 e. The Labute approximate surface area is 274 Å². The fourth-order valence-electron chi connectivity index (χ4n) is 5.34. The highest BCUT2D eigenvalue weighted by atomic mass is 16.6. The number of carbonyl (C=O) groups excluding carboxylic acids is 3. The van der Waals surface area contributed by atoms with Gasteiger partial charge in [-0.05, 0) is 75.5 Å². The first-order valence-corrected chi connectivity index (χ1v) is 16.3. The molecular formula is C38H51N3O5. The van der Waals surface area contributed by atoms with Crippen LogP contribution in [0.5, 0.6) is 0 Å². The lowest BCUT2D eigenvalue weighted by atomic mass is 9.88. The van der Waals surface area contributed by atoms with Crippen molar-refractivity contribution in [2.45, 2.75) is 90.5 Å². The van der Waals surface area contributed by atoms with Crippen LogP contribution in [0.25, 0.3) is 0 Å². The van der Waals surface area contributed by atoms with E-state index in [1.165, 1.54) is 0 Å². The van der Waals surface area contributed by atoms with Crippen molar-refractivity contribution in [2.24, 2.45) is 11.8 Å². The summed E-state index contributed by atoms with van der Waals surface area (Å²) in [4.78, 5) is 40.1. The molecule has 0 heterocycles. The predicted molar refractivity (Wildman–Crippen MR) is 182 cm³/mol. The van der Waals surface area contributed by atoms with Gasteiger partial charge in [-0.2, -0.15) is 0 Å². The highest BCUT2D eigenvalue weighted by Gasteiger charge is 2.32. The Bertz CT molecular complexity index is 1340. The molecule has 0 bridgehead atoms. The quantitative estimate of drug-likeness (QED) is 0.164. The van der Waals surface area contributed by atoms with Crippen LogP contribution in [0.4, 0.5) is 4.79 Å². The van der Waals surface area contributed by atoms with Gasteiger partial charge >= 0.3 is 6.09 Å². The Morgan fingerprint density at radius 1 is 0.717 bits per heavy atom. The number of aliphatic hydroxyl groups is 1. The van der Waals surface area contributed by atoms with Crippen LogP contribution in [0, 0.1) is 11.8 Å². The number of hydrogen-bond acceptors (Lipinski definition) is 5. The Morgan fingerprint density at radius 3 is 1.76 bits per heavy atom. The first-order chi connectivity index (χ1) is 21.9. The minimum absolute atomic E-state index is 0.0675. The molecular weight excluding hydrogens is 578 g/mol. The Kier molecular flexibility index (Phi) is 14.3. The maximum atomic E-state index is 14.0. The molecule has 3 aromatic rings. The molecule has 0 radical (unpaired) electrons. The topological polar surface area (TPSA) is 117 Å². The van der Waals surface area contributed by atoms with Crippen molar-refractivity contribution in [1.29, 1.82) is 0 Å². The zero-order chi connectivity index (χ0) is 33.5.